The molecule has 0 aromatic carbocycles. The van der Waals surface area contributed by atoms with Crippen molar-refractivity contribution in [3.63, 3.8) is 0 Å². The van der Waals surface area contributed by atoms with E-state index in [4.69, 9.17) is 10.6 Å². The van der Waals surface area contributed by atoms with Crippen LogP contribution in [0.5, 0.6) is 0 Å². The van der Waals surface area contributed by atoms with Gasteiger partial charge in [-0.25, -0.2) is 18.9 Å². The molecule has 4 rings (SSSR count). The number of oxime groups is 1. The molecule has 2 amide bonds. The Balaban J connectivity index is 1.53. The van der Waals surface area contributed by atoms with E-state index in [2.05, 4.69) is 15.5 Å². The number of hydrogen-bond donors (Lipinski definition) is 3. The smallest absolute Gasteiger partial charge is 0.350 e. The van der Waals surface area contributed by atoms with Crippen molar-refractivity contribution in [3.8, 4) is 0 Å². The highest BCUT2D eigenvalue weighted by Crippen LogP contribution is 2.41. The van der Waals surface area contributed by atoms with Crippen LogP contribution in [-0.4, -0.2) is 77.5 Å². The number of nitrogens with two attached hydrogens (primary N) is 1. The largest absolute Gasteiger partial charge is 0.543 e. The molecule has 208 valence electrons. The number of thiazole rings is 1. The van der Waals surface area contributed by atoms with Crippen LogP contribution in [0.25, 0.3) is 0 Å². The Morgan fingerprint density at radius 2 is 2.15 bits per heavy atom. The molecule has 1 saturated heterocycles. The molecule has 4 N–H and O–H groups in total. The highest BCUT2D eigenvalue weighted by Gasteiger charge is 2.53. The summed E-state index contributed by atoms with van der Waals surface area (Å²) in [5.41, 5.74) is 3.89. The highest BCUT2D eigenvalue weighted by atomic mass is 32.2. The van der Waals surface area contributed by atoms with Crippen LogP contribution in [0.1, 0.15) is 19.5 Å². The van der Waals surface area contributed by atoms with Gasteiger partial charge >= 0.3 is 11.1 Å². The molecule has 0 saturated carbocycles. The average Bonchev–Trinajstić information content (AvgIpc) is 3.44. The lowest BCUT2D eigenvalue weighted by atomic mass is 10.0. The second-order valence-electron chi connectivity index (χ2n) is 9.11. The number of fused-ring (bicyclic) bond motifs is 1. The van der Waals surface area contributed by atoms with Crippen LogP contribution in [0.4, 0.5) is 5.13 Å². The zero-order chi connectivity index (χ0) is 28.6. The Morgan fingerprint density at radius 1 is 1.44 bits per heavy atom. The minimum absolute atomic E-state index is 0.0274. The Labute approximate surface area is 234 Å². The molecule has 17 heteroatoms. The fourth-order valence-corrected chi connectivity index (χ4v) is 6.82. The summed E-state index contributed by atoms with van der Waals surface area (Å²) >= 11 is 3.76. The van der Waals surface area contributed by atoms with E-state index in [0.717, 1.165) is 21.4 Å². The van der Waals surface area contributed by atoms with Crippen molar-refractivity contribution in [2.24, 2.45) is 19.3 Å². The molecule has 2 aromatic heterocycles. The van der Waals surface area contributed by atoms with Gasteiger partial charge in [0.2, 0.25) is 5.60 Å². The number of carboxylic acid groups (broad SMARTS) is 2. The summed E-state index contributed by atoms with van der Waals surface area (Å²) in [4.78, 5) is 59.9. The van der Waals surface area contributed by atoms with E-state index in [1.807, 2.05) is 35.6 Å². The maximum Gasteiger partial charge on any atom is 0.350 e. The number of β-lactam (4-membered cyclic amide) rings is 1. The monoisotopic (exact) mass is 595 g/mol. The third kappa shape index (κ3) is 5.60. The maximum absolute atomic E-state index is 13.2. The van der Waals surface area contributed by atoms with E-state index in [-0.39, 0.29) is 22.2 Å². The van der Waals surface area contributed by atoms with Gasteiger partial charge < -0.3 is 30.9 Å². The maximum atomic E-state index is 13.2. The number of anilines is 1. The average molecular weight is 596 g/mol. The number of nitrogens with zero attached hydrogens (tertiary/aromatic N) is 5. The molecule has 0 radical (unpaired) electrons. The standard InChI is InChI=1S/C22H25N7O7S3/c1-22(2,19(34)35)36-26-12(11-9-38-20(23)24-11)15(30)25-13-16(31)29-14(18(32)33)10(7-37-17(13)29)8-39-21-27(3)5-6-28(21)4/h5-6,9,13,17H,7-8H2,1-4H3,(H4-,23,24,25,30,32,33,34,35)/b26-12-/t13-,17-/m1/s1. The Bertz CT molecular complexity index is 1390. The van der Waals surface area contributed by atoms with Crippen LogP contribution in [0, 0.1) is 0 Å². The molecule has 14 nitrogen and oxygen atoms in total. The lowest BCUT2D eigenvalue weighted by molar-refractivity contribution is -0.709. The van der Waals surface area contributed by atoms with Gasteiger partial charge in [0, 0.05) is 16.9 Å². The van der Waals surface area contributed by atoms with Crippen molar-refractivity contribution < 1.29 is 38.8 Å². The fraction of sp³-hybridized carbons (Fsp3) is 0.409. The number of imidazole rings is 1. The van der Waals surface area contributed by atoms with E-state index in [1.165, 1.54) is 42.8 Å². The molecule has 2 aliphatic rings. The molecule has 2 aliphatic heterocycles. The number of aliphatic carboxylic acids is 2. The van der Waals surface area contributed by atoms with Crippen molar-refractivity contribution in [1.82, 2.24) is 19.8 Å². The van der Waals surface area contributed by atoms with E-state index >= 15 is 0 Å². The number of hydrogen-bond acceptors (Lipinski definition) is 12. The summed E-state index contributed by atoms with van der Waals surface area (Å²) in [7, 11) is 3.75. The summed E-state index contributed by atoms with van der Waals surface area (Å²) in [6.45, 7) is 2.49. The van der Waals surface area contributed by atoms with Gasteiger partial charge in [-0.1, -0.05) is 5.16 Å². The van der Waals surface area contributed by atoms with Gasteiger partial charge in [0.1, 0.15) is 29.5 Å². The van der Waals surface area contributed by atoms with Gasteiger partial charge in [0.25, 0.3) is 11.8 Å². The summed E-state index contributed by atoms with van der Waals surface area (Å²) < 4.78 is 3.80. The second-order valence-corrected chi connectivity index (χ2v) is 12.0. The molecule has 1 fully saturated rings. The highest BCUT2D eigenvalue weighted by molar-refractivity contribution is 8.01. The number of nitrogens with one attached hydrogen (secondary N) is 1. The van der Waals surface area contributed by atoms with Crippen molar-refractivity contribution in [1.29, 1.82) is 0 Å². The van der Waals surface area contributed by atoms with Crippen LogP contribution >= 0.6 is 34.9 Å². The molecule has 0 aliphatic carbocycles. The first kappa shape index (κ1) is 28.4. The van der Waals surface area contributed by atoms with Crippen LogP contribution in [0.2, 0.25) is 0 Å². The van der Waals surface area contributed by atoms with Gasteiger partial charge in [-0.2, -0.15) is 0 Å². The van der Waals surface area contributed by atoms with Crippen LogP contribution in [0.15, 0.2) is 39.4 Å². The number of aryl methyl sites for hydroxylation is 2. The predicted molar refractivity (Wildman–Crippen MR) is 140 cm³/mol. The quantitative estimate of drug-likeness (QED) is 0.0967. The topological polar surface area (TPSA) is 196 Å². The zero-order valence-corrected chi connectivity index (χ0v) is 23.7. The first-order valence-corrected chi connectivity index (χ1v) is 14.3. The molecule has 39 heavy (non-hydrogen) atoms. The SMILES string of the molecule is Cn1cc[n+](C)c1SCC1=C(C(=O)[O-])N2C(=O)[C@@H](NC(=O)/C(=N\OC(C)(C)C(=O)O)c3csc(N)n3)[C@H]2SC1. The summed E-state index contributed by atoms with van der Waals surface area (Å²) in [5.74, 6) is -3.65. The Hall–Kier alpha value is -3.57. The summed E-state index contributed by atoms with van der Waals surface area (Å²) in [6.07, 6.45) is 3.75. The van der Waals surface area contributed by atoms with Gasteiger partial charge in [-0.15, -0.1) is 23.1 Å². The Kier molecular flexibility index (Phi) is 7.94. The van der Waals surface area contributed by atoms with E-state index in [0.29, 0.717) is 17.1 Å². The first-order chi connectivity index (χ1) is 18.3. The van der Waals surface area contributed by atoms with Gasteiger partial charge in [0.05, 0.1) is 25.8 Å². The molecule has 0 bridgehead atoms. The summed E-state index contributed by atoms with van der Waals surface area (Å²) in [5, 5.41) is 29.4. The zero-order valence-electron chi connectivity index (χ0n) is 21.2. The molecule has 2 atom stereocenters. The van der Waals surface area contributed by atoms with Crippen molar-refractivity contribution in [3.05, 3.63) is 34.7 Å². The second kappa shape index (κ2) is 10.9. The molecule has 4 heterocycles. The number of rotatable bonds is 10. The van der Waals surface area contributed by atoms with Gasteiger partial charge in [-0.3, -0.25) is 14.5 Å². The number of amides is 2. The van der Waals surface area contributed by atoms with E-state index in [1.54, 1.807) is 0 Å². The predicted octanol–water partition coefficient (Wildman–Crippen LogP) is -1.33. The first-order valence-electron chi connectivity index (χ1n) is 11.4. The van der Waals surface area contributed by atoms with Crippen LogP contribution in [0.3, 0.4) is 0 Å². The van der Waals surface area contributed by atoms with Gasteiger partial charge in [0.15, 0.2) is 10.8 Å². The van der Waals surface area contributed by atoms with Crippen molar-refractivity contribution in [2.45, 2.75) is 36.0 Å². The minimum atomic E-state index is -1.76. The van der Waals surface area contributed by atoms with E-state index in [9.17, 15) is 29.4 Å². The number of nitrogen functional groups attached to an aromatic ring is 1. The molecule has 0 unspecified atom stereocenters. The van der Waals surface area contributed by atoms with Gasteiger partial charge in [-0.05, 0) is 31.2 Å². The molecule has 0 spiro atoms. The minimum Gasteiger partial charge on any atom is -0.543 e. The normalized spacial score (nSPS) is 19.4. The van der Waals surface area contributed by atoms with Crippen molar-refractivity contribution in [2.75, 3.05) is 17.2 Å². The number of thioether (sulfide) groups is 2. The number of aromatic nitrogens is 3. The third-order valence-corrected chi connectivity index (χ3v) is 9.22. The Morgan fingerprint density at radius 3 is 2.72 bits per heavy atom. The lowest BCUT2D eigenvalue weighted by Crippen LogP contribution is -2.71. The number of carbonyl (C=O) groups is 4. The molecular weight excluding hydrogens is 570 g/mol. The number of carbonyl (C=O) groups excluding carboxylic acids is 3. The molecule has 2 aromatic rings. The third-order valence-electron chi connectivity index (χ3n) is 5.88. The van der Waals surface area contributed by atoms with E-state index < -0.39 is 40.8 Å². The number of carboxylic acids is 2. The lowest BCUT2D eigenvalue weighted by Gasteiger charge is -2.50. The summed E-state index contributed by atoms with van der Waals surface area (Å²) in [6, 6.07) is -1.06. The molecular formula is C22H25N7O7S3. The fourth-order valence-electron chi connectivity index (χ4n) is 3.72. The van der Waals surface area contributed by atoms with Crippen molar-refractivity contribution >= 4 is 69.5 Å². The van der Waals surface area contributed by atoms with Crippen LogP contribution in [-0.2, 0) is 38.1 Å². The van der Waals surface area contributed by atoms with Crippen LogP contribution < -0.4 is 20.7 Å².